The van der Waals surface area contributed by atoms with Crippen molar-refractivity contribution in [1.82, 2.24) is 10.6 Å². The van der Waals surface area contributed by atoms with Crippen molar-refractivity contribution in [2.45, 2.75) is 39.3 Å². The van der Waals surface area contributed by atoms with Gasteiger partial charge in [-0.25, -0.2) is 4.79 Å². The molecular formula is C21H26N2O3S. The maximum Gasteiger partial charge on any atom is 0.373 e. The van der Waals surface area contributed by atoms with Crippen molar-refractivity contribution in [3.05, 3.63) is 70.8 Å². The lowest BCUT2D eigenvalue weighted by Crippen LogP contribution is -2.34. The Morgan fingerprint density at radius 1 is 1.00 bits per heavy atom. The lowest BCUT2D eigenvalue weighted by molar-refractivity contribution is -0.216. The summed E-state index contributed by atoms with van der Waals surface area (Å²) < 4.78 is 0. The molecule has 2 rings (SSSR count). The van der Waals surface area contributed by atoms with Gasteiger partial charge in [0, 0.05) is 13.1 Å². The molecule has 0 bridgehead atoms. The molecule has 144 valence electrons. The fourth-order valence-electron chi connectivity index (χ4n) is 2.48. The van der Waals surface area contributed by atoms with Crippen LogP contribution in [0.25, 0.3) is 0 Å². The minimum absolute atomic E-state index is 0.146. The van der Waals surface area contributed by atoms with Gasteiger partial charge in [-0.2, -0.15) is 4.89 Å². The van der Waals surface area contributed by atoms with Crippen LogP contribution in [0.2, 0.25) is 0 Å². The van der Waals surface area contributed by atoms with Gasteiger partial charge < -0.3 is 10.6 Å². The van der Waals surface area contributed by atoms with Crippen molar-refractivity contribution in [2.24, 2.45) is 0 Å². The standard InChI is InChI=1S/C21H26N2O3S/c1-21(2,3)18-10-8-15(9-11-18)13-22-20(27)23-14-16-6-5-7-17(12-16)19(24)26-25-4/h5-12H,13-14H2,1-4H3,(H2,22,23,27). The third-order valence-electron chi connectivity index (χ3n) is 4.05. The molecule has 6 heteroatoms. The van der Waals surface area contributed by atoms with E-state index in [1.165, 1.54) is 12.7 Å². The molecule has 0 saturated heterocycles. The largest absolute Gasteiger partial charge is 0.373 e. The average molecular weight is 387 g/mol. The Bertz CT molecular complexity index is 783. The molecule has 2 N–H and O–H groups in total. The first-order valence-electron chi connectivity index (χ1n) is 8.74. The van der Waals surface area contributed by atoms with Gasteiger partial charge in [-0.05, 0) is 46.5 Å². The molecule has 5 nitrogen and oxygen atoms in total. The normalized spacial score (nSPS) is 11.0. The van der Waals surface area contributed by atoms with E-state index in [1.54, 1.807) is 18.2 Å². The van der Waals surface area contributed by atoms with E-state index >= 15 is 0 Å². The average Bonchev–Trinajstić information content (AvgIpc) is 2.65. The number of carbonyl (C=O) groups is 1. The zero-order valence-electron chi connectivity index (χ0n) is 16.2. The van der Waals surface area contributed by atoms with Crippen LogP contribution in [0, 0.1) is 0 Å². The van der Waals surface area contributed by atoms with Crippen LogP contribution in [0.15, 0.2) is 48.5 Å². The SMILES string of the molecule is COOC(=O)c1cccc(CNC(=S)NCc2ccc(C(C)(C)C)cc2)c1. The minimum Gasteiger partial charge on any atom is -0.359 e. The van der Waals surface area contributed by atoms with E-state index in [1.807, 2.05) is 6.07 Å². The Morgan fingerprint density at radius 3 is 2.22 bits per heavy atom. The Hall–Kier alpha value is -2.44. The molecular weight excluding hydrogens is 360 g/mol. The van der Waals surface area contributed by atoms with E-state index in [-0.39, 0.29) is 5.41 Å². The molecule has 0 aliphatic carbocycles. The highest BCUT2D eigenvalue weighted by molar-refractivity contribution is 7.80. The highest BCUT2D eigenvalue weighted by Crippen LogP contribution is 2.22. The summed E-state index contributed by atoms with van der Waals surface area (Å²) in [6.45, 7) is 7.75. The minimum atomic E-state index is -0.529. The monoisotopic (exact) mass is 386 g/mol. The number of rotatable bonds is 6. The fraction of sp³-hybridized carbons (Fsp3) is 0.333. The second-order valence-corrected chi connectivity index (χ2v) is 7.63. The van der Waals surface area contributed by atoms with Gasteiger partial charge in [-0.15, -0.1) is 0 Å². The number of hydrogen-bond acceptors (Lipinski definition) is 4. The van der Waals surface area contributed by atoms with Gasteiger partial charge in [-0.1, -0.05) is 57.2 Å². The zero-order valence-corrected chi connectivity index (χ0v) is 17.0. The van der Waals surface area contributed by atoms with Gasteiger partial charge in [0.25, 0.3) is 0 Å². The number of nitrogens with one attached hydrogen (secondary N) is 2. The van der Waals surface area contributed by atoms with Crippen molar-refractivity contribution in [3.63, 3.8) is 0 Å². The topological polar surface area (TPSA) is 59.6 Å². The van der Waals surface area contributed by atoms with E-state index in [4.69, 9.17) is 12.2 Å². The number of hydrogen-bond donors (Lipinski definition) is 2. The second-order valence-electron chi connectivity index (χ2n) is 7.22. The Morgan fingerprint density at radius 2 is 1.63 bits per heavy atom. The molecule has 27 heavy (non-hydrogen) atoms. The summed E-state index contributed by atoms with van der Waals surface area (Å²) in [7, 11) is 1.30. The first-order valence-corrected chi connectivity index (χ1v) is 9.15. The third-order valence-corrected chi connectivity index (χ3v) is 4.34. The summed E-state index contributed by atoms with van der Waals surface area (Å²) in [5.41, 5.74) is 3.95. The lowest BCUT2D eigenvalue weighted by Gasteiger charge is -2.19. The van der Waals surface area contributed by atoms with Gasteiger partial charge in [0.15, 0.2) is 5.11 Å². The van der Waals surface area contributed by atoms with E-state index in [9.17, 15) is 4.79 Å². The summed E-state index contributed by atoms with van der Waals surface area (Å²) in [5.74, 6) is -0.529. The quantitative estimate of drug-likeness (QED) is 0.447. The van der Waals surface area contributed by atoms with Crippen molar-refractivity contribution in [2.75, 3.05) is 7.11 Å². The van der Waals surface area contributed by atoms with Crippen LogP contribution in [-0.4, -0.2) is 18.2 Å². The van der Waals surface area contributed by atoms with Crippen molar-refractivity contribution in [3.8, 4) is 0 Å². The number of carbonyl (C=O) groups excluding carboxylic acids is 1. The lowest BCUT2D eigenvalue weighted by atomic mass is 9.87. The number of thiocarbonyl (C=S) groups is 1. The third kappa shape index (κ3) is 6.66. The van der Waals surface area contributed by atoms with Crippen molar-refractivity contribution < 1.29 is 14.6 Å². The predicted molar refractivity (Wildman–Crippen MR) is 110 cm³/mol. The summed E-state index contributed by atoms with van der Waals surface area (Å²) >= 11 is 5.33. The fourth-order valence-corrected chi connectivity index (χ4v) is 2.63. The van der Waals surface area contributed by atoms with Crippen molar-refractivity contribution >= 4 is 23.3 Å². The molecule has 0 fully saturated rings. The Balaban J connectivity index is 1.83. The second kappa shape index (κ2) is 9.48. The van der Waals surface area contributed by atoms with Crippen LogP contribution in [0.4, 0.5) is 0 Å². The Labute approximate surface area is 166 Å². The summed E-state index contributed by atoms with van der Waals surface area (Å²) in [4.78, 5) is 20.6. The molecule has 0 aliphatic heterocycles. The first kappa shape index (κ1) is 20.9. The molecule has 0 atom stereocenters. The highest BCUT2D eigenvalue weighted by Gasteiger charge is 2.12. The van der Waals surface area contributed by atoms with Crippen LogP contribution < -0.4 is 10.6 Å². The maximum atomic E-state index is 11.7. The summed E-state index contributed by atoms with van der Waals surface area (Å²) in [5, 5.41) is 6.89. The molecule has 0 radical (unpaired) electrons. The van der Waals surface area contributed by atoms with Crippen molar-refractivity contribution in [1.29, 1.82) is 0 Å². The molecule has 0 aromatic heterocycles. The van der Waals surface area contributed by atoms with Gasteiger partial charge >= 0.3 is 5.97 Å². The van der Waals surface area contributed by atoms with Crippen LogP contribution in [0.1, 0.15) is 47.8 Å². The van der Waals surface area contributed by atoms with Crippen LogP contribution >= 0.6 is 12.2 Å². The molecule has 2 aromatic rings. The van der Waals surface area contributed by atoms with Crippen LogP contribution in [0.5, 0.6) is 0 Å². The molecule has 2 aromatic carbocycles. The van der Waals surface area contributed by atoms with E-state index in [0.717, 1.165) is 11.1 Å². The Kier molecular flexibility index (Phi) is 7.33. The van der Waals surface area contributed by atoms with Gasteiger partial charge in [0.2, 0.25) is 0 Å². The molecule has 0 amide bonds. The molecule has 0 saturated carbocycles. The maximum absolute atomic E-state index is 11.7. The molecule has 0 spiro atoms. The van der Waals surface area contributed by atoms with Crippen LogP contribution in [0.3, 0.4) is 0 Å². The van der Waals surface area contributed by atoms with Gasteiger partial charge in [0.05, 0.1) is 12.7 Å². The number of benzene rings is 2. The zero-order chi connectivity index (χ0) is 19.9. The highest BCUT2D eigenvalue weighted by atomic mass is 32.1. The van der Waals surface area contributed by atoms with E-state index in [0.29, 0.717) is 23.8 Å². The summed E-state index contributed by atoms with van der Waals surface area (Å²) in [6, 6.07) is 15.6. The summed E-state index contributed by atoms with van der Waals surface area (Å²) in [6.07, 6.45) is 0. The predicted octanol–water partition coefficient (Wildman–Crippen LogP) is 3.87. The van der Waals surface area contributed by atoms with Gasteiger partial charge in [-0.3, -0.25) is 4.89 Å². The van der Waals surface area contributed by atoms with E-state index < -0.39 is 5.97 Å². The molecule has 0 unspecified atom stereocenters. The molecule has 0 heterocycles. The first-order chi connectivity index (χ1) is 12.8. The van der Waals surface area contributed by atoms with Crippen LogP contribution in [-0.2, 0) is 28.3 Å². The molecule has 0 aliphatic rings. The van der Waals surface area contributed by atoms with Gasteiger partial charge in [0.1, 0.15) is 0 Å². The smallest absolute Gasteiger partial charge is 0.359 e. The van der Waals surface area contributed by atoms with E-state index in [2.05, 4.69) is 65.4 Å².